The molecule has 0 saturated heterocycles. The fraction of sp³-hybridized carbons (Fsp3) is 0.632. The molecule has 13 nitrogen and oxygen atoms in total. The molecule has 0 radical (unpaired) electrons. The van der Waals surface area contributed by atoms with Gasteiger partial charge in [-0.05, 0) is 19.3 Å². The lowest BCUT2D eigenvalue weighted by atomic mass is 10.0. The number of aliphatic hydroxyl groups excluding tert-OH is 2. The van der Waals surface area contributed by atoms with Crippen molar-refractivity contribution in [1.82, 2.24) is 25.9 Å². The quantitative estimate of drug-likeness (QED) is 0.154. The van der Waals surface area contributed by atoms with Crippen LogP contribution in [-0.4, -0.2) is 85.9 Å². The lowest BCUT2D eigenvalue weighted by Gasteiger charge is -2.26. The number of carbonyl (C=O) groups is 4. The molecule has 3 amide bonds. The molecule has 0 saturated carbocycles. The molecule has 0 aliphatic rings. The van der Waals surface area contributed by atoms with Crippen LogP contribution in [0.25, 0.3) is 0 Å². The zero-order chi connectivity index (χ0) is 24.4. The van der Waals surface area contributed by atoms with Crippen LogP contribution < -0.4 is 21.7 Å². The number of hydrogen-bond acceptors (Lipinski definition) is 8. The highest BCUT2D eigenvalue weighted by Crippen LogP contribution is 2.04. The second-order valence-electron chi connectivity index (χ2n) is 7.89. The summed E-state index contributed by atoms with van der Waals surface area (Å²) in [5.74, 6) is -3.76. The van der Waals surface area contributed by atoms with Gasteiger partial charge in [-0.15, -0.1) is 0 Å². The maximum Gasteiger partial charge on any atom is 0.326 e. The summed E-state index contributed by atoms with van der Waals surface area (Å²) in [7, 11) is 0. The first kappa shape index (κ1) is 27.0. The van der Waals surface area contributed by atoms with E-state index < -0.39 is 60.6 Å². The number of aromatic nitrogens is 2. The molecular formula is C19H32N6O7. The highest BCUT2D eigenvalue weighted by Gasteiger charge is 2.32. The van der Waals surface area contributed by atoms with E-state index in [4.69, 9.17) is 5.73 Å². The van der Waals surface area contributed by atoms with Crippen LogP contribution in [0.15, 0.2) is 12.5 Å². The van der Waals surface area contributed by atoms with Crippen molar-refractivity contribution >= 4 is 23.7 Å². The van der Waals surface area contributed by atoms with Gasteiger partial charge in [-0.25, -0.2) is 9.78 Å². The number of nitrogens with zero attached hydrogens (tertiary/aromatic N) is 1. The number of carboxylic acids is 1. The number of carboxylic acid groups (broad SMARTS) is 1. The Bertz CT molecular complexity index is 768. The van der Waals surface area contributed by atoms with Gasteiger partial charge in [0.2, 0.25) is 17.7 Å². The van der Waals surface area contributed by atoms with Crippen molar-refractivity contribution in [1.29, 1.82) is 0 Å². The molecule has 5 atom stereocenters. The molecule has 13 heteroatoms. The SMILES string of the molecule is CC(C)CC(N)C(=O)NC(C(=O)NC(CO)C(=O)NC(Cc1cnc[nH]1)C(=O)O)C(C)O. The molecule has 1 aromatic rings. The molecule has 0 aromatic carbocycles. The molecule has 0 spiro atoms. The van der Waals surface area contributed by atoms with E-state index in [1.165, 1.54) is 19.4 Å². The number of nitrogens with one attached hydrogen (secondary N) is 4. The van der Waals surface area contributed by atoms with Crippen molar-refractivity contribution in [3.05, 3.63) is 18.2 Å². The first-order chi connectivity index (χ1) is 15.0. The smallest absolute Gasteiger partial charge is 0.326 e. The van der Waals surface area contributed by atoms with E-state index in [9.17, 15) is 34.5 Å². The molecule has 0 aliphatic carbocycles. The summed E-state index contributed by atoms with van der Waals surface area (Å²) in [4.78, 5) is 55.2. The van der Waals surface area contributed by atoms with E-state index in [1.54, 1.807) is 0 Å². The molecule has 0 bridgehead atoms. The predicted molar refractivity (Wildman–Crippen MR) is 112 cm³/mol. The number of hydrogen-bond donors (Lipinski definition) is 8. The zero-order valence-electron chi connectivity index (χ0n) is 18.2. The summed E-state index contributed by atoms with van der Waals surface area (Å²) in [6.45, 7) is 4.15. The number of H-pyrrole nitrogens is 1. The molecule has 32 heavy (non-hydrogen) atoms. The molecule has 0 aliphatic heterocycles. The molecule has 1 aromatic heterocycles. The minimum Gasteiger partial charge on any atom is -0.480 e. The lowest BCUT2D eigenvalue weighted by molar-refractivity contribution is -0.142. The third-order valence-corrected chi connectivity index (χ3v) is 4.53. The Hall–Kier alpha value is -3.03. The van der Waals surface area contributed by atoms with Crippen LogP contribution in [0.4, 0.5) is 0 Å². The Morgan fingerprint density at radius 3 is 2.16 bits per heavy atom. The van der Waals surface area contributed by atoms with Crippen LogP contribution in [0, 0.1) is 5.92 Å². The van der Waals surface area contributed by atoms with E-state index in [2.05, 4.69) is 25.9 Å². The Morgan fingerprint density at radius 1 is 1.06 bits per heavy atom. The molecule has 5 unspecified atom stereocenters. The van der Waals surface area contributed by atoms with Crippen molar-refractivity contribution in [3.8, 4) is 0 Å². The van der Waals surface area contributed by atoms with Gasteiger partial charge in [0, 0.05) is 18.3 Å². The Labute approximate surface area is 185 Å². The maximum absolute atomic E-state index is 12.6. The Morgan fingerprint density at radius 2 is 1.69 bits per heavy atom. The number of imidazole rings is 1. The summed E-state index contributed by atoms with van der Waals surface area (Å²) in [5, 5.41) is 35.6. The van der Waals surface area contributed by atoms with Gasteiger partial charge in [0.1, 0.15) is 18.1 Å². The van der Waals surface area contributed by atoms with E-state index in [0.717, 1.165) is 0 Å². The highest BCUT2D eigenvalue weighted by atomic mass is 16.4. The second kappa shape index (κ2) is 12.7. The summed E-state index contributed by atoms with van der Waals surface area (Å²) >= 11 is 0. The number of aromatic amines is 1. The van der Waals surface area contributed by atoms with Gasteiger partial charge in [0.15, 0.2) is 0 Å². The third-order valence-electron chi connectivity index (χ3n) is 4.53. The van der Waals surface area contributed by atoms with Crippen LogP contribution in [0.2, 0.25) is 0 Å². The highest BCUT2D eigenvalue weighted by molar-refractivity contribution is 5.94. The van der Waals surface area contributed by atoms with Crippen LogP contribution in [0.1, 0.15) is 32.9 Å². The number of nitrogens with two attached hydrogens (primary N) is 1. The molecule has 180 valence electrons. The van der Waals surface area contributed by atoms with Crippen LogP contribution >= 0.6 is 0 Å². The number of aliphatic carboxylic acids is 1. The Balaban J connectivity index is 2.80. The van der Waals surface area contributed by atoms with Gasteiger partial charge in [0.25, 0.3) is 0 Å². The third kappa shape index (κ3) is 8.61. The summed E-state index contributed by atoms with van der Waals surface area (Å²) in [6, 6.07) is -5.22. The monoisotopic (exact) mass is 456 g/mol. The lowest BCUT2D eigenvalue weighted by Crippen LogP contribution is -2.60. The van der Waals surface area contributed by atoms with Gasteiger partial charge >= 0.3 is 5.97 Å². The van der Waals surface area contributed by atoms with E-state index in [0.29, 0.717) is 12.1 Å². The van der Waals surface area contributed by atoms with Crippen LogP contribution in [0.5, 0.6) is 0 Å². The van der Waals surface area contributed by atoms with Gasteiger partial charge in [-0.1, -0.05) is 13.8 Å². The largest absolute Gasteiger partial charge is 0.480 e. The average Bonchev–Trinajstić information content (AvgIpc) is 3.21. The fourth-order valence-electron chi connectivity index (χ4n) is 2.82. The summed E-state index contributed by atoms with van der Waals surface area (Å²) in [6.07, 6.45) is 1.67. The molecule has 1 heterocycles. The van der Waals surface area contributed by atoms with Gasteiger partial charge in [0.05, 0.1) is 25.1 Å². The average molecular weight is 457 g/mol. The second-order valence-corrected chi connectivity index (χ2v) is 7.89. The van der Waals surface area contributed by atoms with Crippen LogP contribution in [-0.2, 0) is 25.6 Å². The normalized spacial score (nSPS) is 15.8. The topological polar surface area (TPSA) is 220 Å². The Kier molecular flexibility index (Phi) is 10.7. The first-order valence-electron chi connectivity index (χ1n) is 10.1. The van der Waals surface area contributed by atoms with Crippen molar-refractivity contribution in [3.63, 3.8) is 0 Å². The molecule has 1 rings (SSSR count). The van der Waals surface area contributed by atoms with Crippen molar-refractivity contribution in [2.24, 2.45) is 11.7 Å². The summed E-state index contributed by atoms with van der Waals surface area (Å²) in [5.41, 5.74) is 6.24. The van der Waals surface area contributed by atoms with Crippen molar-refractivity contribution < 1.29 is 34.5 Å². The molecular weight excluding hydrogens is 424 g/mol. The fourth-order valence-corrected chi connectivity index (χ4v) is 2.82. The summed E-state index contributed by atoms with van der Waals surface area (Å²) < 4.78 is 0. The van der Waals surface area contributed by atoms with E-state index in [-0.39, 0.29) is 12.3 Å². The van der Waals surface area contributed by atoms with Crippen molar-refractivity contribution in [2.45, 2.75) is 63.9 Å². The standard InChI is InChI=1S/C19H32N6O7/c1-9(2)4-12(20)16(28)25-15(10(3)27)18(30)24-14(7-26)17(29)23-13(19(31)32)5-11-6-21-8-22-11/h6,8-10,12-15,26-27H,4-5,7,20H2,1-3H3,(H,21,22)(H,23,29)(H,24,30)(H,25,28)(H,31,32). The predicted octanol–water partition coefficient (Wildman–Crippen LogP) is -2.76. The number of carbonyl (C=O) groups excluding carboxylic acids is 3. The molecule has 0 fully saturated rings. The minimum absolute atomic E-state index is 0.104. The van der Waals surface area contributed by atoms with Gasteiger partial charge < -0.3 is 42.0 Å². The first-order valence-corrected chi connectivity index (χ1v) is 10.1. The number of rotatable bonds is 13. The van der Waals surface area contributed by atoms with E-state index in [1.807, 2.05) is 13.8 Å². The van der Waals surface area contributed by atoms with Gasteiger partial charge in [-0.2, -0.15) is 0 Å². The van der Waals surface area contributed by atoms with Crippen molar-refractivity contribution in [2.75, 3.05) is 6.61 Å². The molecule has 9 N–H and O–H groups in total. The van der Waals surface area contributed by atoms with Crippen LogP contribution in [0.3, 0.4) is 0 Å². The minimum atomic E-state index is -1.52. The van der Waals surface area contributed by atoms with E-state index >= 15 is 0 Å². The number of aliphatic hydroxyl groups is 2. The maximum atomic E-state index is 12.6. The zero-order valence-corrected chi connectivity index (χ0v) is 18.2. The van der Waals surface area contributed by atoms with Gasteiger partial charge in [-0.3, -0.25) is 14.4 Å². The number of amides is 3.